The van der Waals surface area contributed by atoms with Gasteiger partial charge in [-0.2, -0.15) is 0 Å². The molecule has 1 fully saturated rings. The molecule has 0 spiro atoms. The fourth-order valence-electron chi connectivity index (χ4n) is 3.26. The molecule has 8 nitrogen and oxygen atoms in total. The van der Waals surface area contributed by atoms with Gasteiger partial charge < -0.3 is 24.4 Å². The lowest BCUT2D eigenvalue weighted by molar-refractivity contribution is -0.146. The topological polar surface area (TPSA) is 94.2 Å². The third-order valence-electron chi connectivity index (χ3n) is 4.70. The van der Waals surface area contributed by atoms with Crippen molar-refractivity contribution >= 4 is 29.2 Å². The van der Waals surface area contributed by atoms with E-state index in [1.807, 2.05) is 0 Å². The van der Waals surface area contributed by atoms with Crippen LogP contribution in [0.3, 0.4) is 0 Å². The van der Waals surface area contributed by atoms with Crippen LogP contribution in [-0.2, 0) is 25.5 Å². The summed E-state index contributed by atoms with van der Waals surface area (Å²) in [5.74, 6) is 0.0749. The van der Waals surface area contributed by atoms with Gasteiger partial charge in [-0.05, 0) is 36.2 Å². The second-order valence-corrected chi connectivity index (χ2v) is 6.74. The van der Waals surface area contributed by atoms with Crippen molar-refractivity contribution < 1.29 is 28.6 Å². The number of esters is 1. The predicted molar refractivity (Wildman–Crippen MR) is 111 cm³/mol. The highest BCUT2D eigenvalue weighted by molar-refractivity contribution is 6.02. The third-order valence-corrected chi connectivity index (χ3v) is 4.70. The van der Waals surface area contributed by atoms with Crippen molar-refractivity contribution in [1.29, 1.82) is 0 Å². The van der Waals surface area contributed by atoms with Gasteiger partial charge in [-0.1, -0.05) is 18.2 Å². The van der Waals surface area contributed by atoms with E-state index in [4.69, 9.17) is 14.2 Å². The Bertz CT molecular complexity index is 943. The Morgan fingerprint density at radius 2 is 1.83 bits per heavy atom. The number of benzene rings is 2. The summed E-state index contributed by atoms with van der Waals surface area (Å²) in [6.45, 7) is 0.195. The van der Waals surface area contributed by atoms with E-state index < -0.39 is 18.5 Å². The normalized spacial score (nSPS) is 13.1. The van der Waals surface area contributed by atoms with Gasteiger partial charge in [0.2, 0.25) is 5.91 Å². The maximum Gasteiger partial charge on any atom is 0.310 e. The zero-order valence-electron chi connectivity index (χ0n) is 17.0. The van der Waals surface area contributed by atoms with Crippen LogP contribution in [0.5, 0.6) is 11.5 Å². The minimum Gasteiger partial charge on any atom is -0.493 e. The Kier molecular flexibility index (Phi) is 6.90. The van der Waals surface area contributed by atoms with Crippen LogP contribution in [-0.4, -0.2) is 45.2 Å². The summed E-state index contributed by atoms with van der Waals surface area (Å²) in [6.07, 6.45) is 1.28. The van der Waals surface area contributed by atoms with Crippen LogP contribution < -0.4 is 19.7 Å². The number of rotatable bonds is 8. The quantitative estimate of drug-likeness (QED) is 0.670. The molecule has 1 aliphatic heterocycles. The van der Waals surface area contributed by atoms with Gasteiger partial charge in [0.1, 0.15) is 0 Å². The Morgan fingerprint density at radius 1 is 1.07 bits per heavy atom. The Labute approximate surface area is 174 Å². The first-order valence-electron chi connectivity index (χ1n) is 9.57. The first-order chi connectivity index (χ1) is 14.5. The standard InChI is InChI=1S/C22H24N2O6/c1-28-18-10-9-15(12-19(18)29-2)13-22(27)30-14-20(25)23-16-6-3-4-7-17(16)24-11-5-8-21(24)26/h3-4,6-7,9-10,12H,5,8,11,13-14H2,1-2H3,(H,23,25). The van der Waals surface area contributed by atoms with Crippen molar-refractivity contribution in [3.8, 4) is 11.5 Å². The molecule has 0 saturated carbocycles. The minimum atomic E-state index is -0.541. The first-order valence-corrected chi connectivity index (χ1v) is 9.57. The van der Waals surface area contributed by atoms with Gasteiger partial charge in [0, 0.05) is 13.0 Å². The van der Waals surface area contributed by atoms with Crippen LogP contribution in [0.1, 0.15) is 18.4 Å². The molecular weight excluding hydrogens is 388 g/mol. The highest BCUT2D eigenvalue weighted by Gasteiger charge is 2.24. The van der Waals surface area contributed by atoms with Crippen molar-refractivity contribution in [3.63, 3.8) is 0 Å². The van der Waals surface area contributed by atoms with Gasteiger partial charge in [-0.25, -0.2) is 0 Å². The van der Waals surface area contributed by atoms with E-state index in [1.165, 1.54) is 14.2 Å². The number of carbonyl (C=O) groups is 3. The molecule has 158 valence electrons. The lowest BCUT2D eigenvalue weighted by Crippen LogP contribution is -2.27. The summed E-state index contributed by atoms with van der Waals surface area (Å²) < 4.78 is 15.5. The lowest BCUT2D eigenvalue weighted by Gasteiger charge is -2.19. The Hall–Kier alpha value is -3.55. The summed E-state index contributed by atoms with van der Waals surface area (Å²) >= 11 is 0. The summed E-state index contributed by atoms with van der Waals surface area (Å²) in [6, 6.07) is 12.2. The number of amides is 2. The molecule has 2 aromatic rings. The van der Waals surface area contributed by atoms with Gasteiger partial charge >= 0.3 is 5.97 Å². The van der Waals surface area contributed by atoms with Crippen molar-refractivity contribution in [2.24, 2.45) is 0 Å². The molecule has 0 unspecified atom stereocenters. The number of nitrogens with zero attached hydrogens (tertiary/aromatic N) is 1. The van der Waals surface area contributed by atoms with Gasteiger partial charge in [0.25, 0.3) is 5.91 Å². The fraction of sp³-hybridized carbons (Fsp3) is 0.318. The highest BCUT2D eigenvalue weighted by atomic mass is 16.5. The molecule has 30 heavy (non-hydrogen) atoms. The maximum atomic E-state index is 12.3. The Morgan fingerprint density at radius 3 is 2.53 bits per heavy atom. The molecule has 8 heteroatoms. The molecule has 0 aliphatic carbocycles. The number of hydrogen-bond acceptors (Lipinski definition) is 6. The monoisotopic (exact) mass is 412 g/mol. The van der Waals surface area contributed by atoms with Crippen molar-refractivity contribution in [1.82, 2.24) is 0 Å². The van der Waals surface area contributed by atoms with Crippen LogP contribution in [0.2, 0.25) is 0 Å². The number of carbonyl (C=O) groups excluding carboxylic acids is 3. The number of anilines is 2. The molecule has 1 aliphatic rings. The molecule has 0 atom stereocenters. The molecule has 0 aromatic heterocycles. The van der Waals surface area contributed by atoms with Gasteiger partial charge in [0.05, 0.1) is 32.0 Å². The van der Waals surface area contributed by atoms with E-state index in [0.717, 1.165) is 6.42 Å². The predicted octanol–water partition coefficient (Wildman–Crippen LogP) is 2.56. The largest absolute Gasteiger partial charge is 0.493 e. The second kappa shape index (κ2) is 9.78. The summed E-state index contributed by atoms with van der Waals surface area (Å²) in [5, 5.41) is 2.71. The molecular formula is C22H24N2O6. The zero-order chi connectivity index (χ0) is 21.5. The van der Waals surface area contributed by atoms with Gasteiger partial charge in [-0.3, -0.25) is 14.4 Å². The molecule has 2 aromatic carbocycles. The maximum absolute atomic E-state index is 12.3. The zero-order valence-corrected chi connectivity index (χ0v) is 17.0. The lowest BCUT2D eigenvalue weighted by atomic mass is 10.1. The van der Waals surface area contributed by atoms with Crippen LogP contribution in [0.15, 0.2) is 42.5 Å². The molecule has 3 rings (SSSR count). The molecule has 0 bridgehead atoms. The van der Waals surface area contributed by atoms with Gasteiger partial charge in [0.15, 0.2) is 18.1 Å². The van der Waals surface area contributed by atoms with Crippen LogP contribution in [0.25, 0.3) is 0 Å². The SMILES string of the molecule is COc1ccc(CC(=O)OCC(=O)Nc2ccccc2N2CCCC2=O)cc1OC. The first kappa shape index (κ1) is 21.2. The molecule has 0 radical (unpaired) electrons. The smallest absolute Gasteiger partial charge is 0.310 e. The number of hydrogen-bond donors (Lipinski definition) is 1. The fourth-order valence-corrected chi connectivity index (χ4v) is 3.26. The van der Waals surface area contributed by atoms with E-state index >= 15 is 0 Å². The van der Waals surface area contributed by atoms with E-state index in [2.05, 4.69) is 5.32 Å². The highest BCUT2D eigenvalue weighted by Crippen LogP contribution is 2.29. The number of methoxy groups -OCH3 is 2. The average Bonchev–Trinajstić information content (AvgIpc) is 3.18. The number of ether oxygens (including phenoxy) is 3. The van der Waals surface area contributed by atoms with E-state index in [0.29, 0.717) is 41.4 Å². The molecule has 1 saturated heterocycles. The summed E-state index contributed by atoms with van der Waals surface area (Å²) in [5.41, 5.74) is 1.83. The second-order valence-electron chi connectivity index (χ2n) is 6.74. The van der Waals surface area contributed by atoms with Crippen molar-refractivity contribution in [2.75, 3.05) is 37.6 Å². The number of para-hydroxylation sites is 2. The Balaban J connectivity index is 1.55. The van der Waals surface area contributed by atoms with Gasteiger partial charge in [-0.15, -0.1) is 0 Å². The summed E-state index contributed by atoms with van der Waals surface area (Å²) in [7, 11) is 3.04. The third kappa shape index (κ3) is 5.08. The van der Waals surface area contributed by atoms with Crippen LogP contribution in [0, 0.1) is 0 Å². The van der Waals surface area contributed by atoms with E-state index in [1.54, 1.807) is 47.4 Å². The molecule has 1 heterocycles. The average molecular weight is 412 g/mol. The van der Waals surface area contributed by atoms with E-state index in [-0.39, 0.29) is 12.3 Å². The minimum absolute atomic E-state index is 0.00744. The molecule has 1 N–H and O–H groups in total. The van der Waals surface area contributed by atoms with E-state index in [9.17, 15) is 14.4 Å². The molecule has 2 amide bonds. The summed E-state index contributed by atoms with van der Waals surface area (Å²) in [4.78, 5) is 38.1. The van der Waals surface area contributed by atoms with Crippen molar-refractivity contribution in [3.05, 3.63) is 48.0 Å². The van der Waals surface area contributed by atoms with Crippen molar-refractivity contribution in [2.45, 2.75) is 19.3 Å². The number of nitrogens with one attached hydrogen (secondary N) is 1. The van der Waals surface area contributed by atoms with Crippen LogP contribution in [0.4, 0.5) is 11.4 Å². The van der Waals surface area contributed by atoms with Crippen LogP contribution >= 0.6 is 0 Å².